The van der Waals surface area contributed by atoms with Gasteiger partial charge in [0.15, 0.2) is 5.82 Å². The van der Waals surface area contributed by atoms with Gasteiger partial charge in [-0.05, 0) is 48.5 Å². The van der Waals surface area contributed by atoms with Crippen molar-refractivity contribution in [1.82, 2.24) is 9.97 Å². The third-order valence-corrected chi connectivity index (χ3v) is 5.01. The second kappa shape index (κ2) is 8.83. The Labute approximate surface area is 189 Å². The number of anilines is 6. The normalized spacial score (nSPS) is 12.7. The van der Waals surface area contributed by atoms with E-state index < -0.39 is 12.0 Å². The van der Waals surface area contributed by atoms with Crippen molar-refractivity contribution in [3.05, 3.63) is 60.3 Å². The van der Waals surface area contributed by atoms with Gasteiger partial charge < -0.3 is 30.9 Å². The summed E-state index contributed by atoms with van der Waals surface area (Å²) >= 11 is 0. The maximum absolute atomic E-state index is 12.2. The summed E-state index contributed by atoms with van der Waals surface area (Å²) in [6.45, 7) is 0.242. The van der Waals surface area contributed by atoms with Gasteiger partial charge in [-0.1, -0.05) is 0 Å². The van der Waals surface area contributed by atoms with E-state index in [0.717, 1.165) is 0 Å². The van der Waals surface area contributed by atoms with Gasteiger partial charge >= 0.3 is 12.0 Å². The lowest BCUT2D eigenvalue weighted by molar-refractivity contribution is -0.117. The molecule has 0 unspecified atom stereocenters. The molecule has 168 valence electrons. The number of carbonyl (C=O) groups excluding carboxylic acids is 2. The van der Waals surface area contributed by atoms with Gasteiger partial charge in [0.05, 0.1) is 18.3 Å². The largest absolute Gasteiger partial charge is 0.478 e. The van der Waals surface area contributed by atoms with Crippen molar-refractivity contribution in [3.63, 3.8) is 0 Å². The number of amides is 3. The van der Waals surface area contributed by atoms with Gasteiger partial charge in [0.25, 0.3) is 0 Å². The number of carbonyl (C=O) groups is 3. The number of fused-ring (bicyclic) bond motifs is 1. The van der Waals surface area contributed by atoms with E-state index in [2.05, 4.69) is 25.9 Å². The quantitative estimate of drug-likeness (QED) is 0.468. The second-order valence-electron chi connectivity index (χ2n) is 7.38. The van der Waals surface area contributed by atoms with E-state index in [1.54, 1.807) is 49.5 Å². The first-order chi connectivity index (χ1) is 15.8. The van der Waals surface area contributed by atoms with E-state index in [1.807, 2.05) is 0 Å². The maximum Gasteiger partial charge on any atom is 0.335 e. The lowest BCUT2D eigenvalue weighted by Crippen LogP contribution is -2.42. The predicted molar refractivity (Wildman–Crippen MR) is 124 cm³/mol. The zero-order valence-electron chi connectivity index (χ0n) is 17.9. The van der Waals surface area contributed by atoms with Gasteiger partial charge in [0, 0.05) is 31.2 Å². The first kappa shape index (κ1) is 21.6. The molecule has 0 radical (unpaired) electrons. The van der Waals surface area contributed by atoms with Crippen LogP contribution in [0.1, 0.15) is 10.4 Å². The average molecular weight is 447 g/mol. The third-order valence-electron chi connectivity index (χ3n) is 5.01. The van der Waals surface area contributed by atoms with Gasteiger partial charge in [-0.15, -0.1) is 0 Å². The molecular formula is C22H21N7O4. The molecule has 2 aromatic carbocycles. The van der Waals surface area contributed by atoms with Crippen LogP contribution in [-0.4, -0.2) is 53.6 Å². The Kier molecular flexibility index (Phi) is 5.77. The highest BCUT2D eigenvalue weighted by Crippen LogP contribution is 2.30. The number of urea groups is 1. The number of aromatic carboxylic acids is 1. The van der Waals surface area contributed by atoms with Crippen LogP contribution in [0, 0.1) is 0 Å². The van der Waals surface area contributed by atoms with Crippen LogP contribution in [0.15, 0.2) is 54.7 Å². The van der Waals surface area contributed by atoms with E-state index >= 15 is 0 Å². The molecule has 0 atom stereocenters. The van der Waals surface area contributed by atoms with Crippen LogP contribution in [-0.2, 0) is 4.79 Å². The van der Waals surface area contributed by atoms with Gasteiger partial charge in [0.2, 0.25) is 11.9 Å². The topological polar surface area (TPSA) is 140 Å². The highest BCUT2D eigenvalue weighted by atomic mass is 16.4. The van der Waals surface area contributed by atoms with Crippen molar-refractivity contribution in [3.8, 4) is 0 Å². The molecule has 0 bridgehead atoms. The molecule has 0 aliphatic carbocycles. The molecule has 4 N–H and O–H groups in total. The third kappa shape index (κ3) is 4.82. The Bertz CT molecular complexity index is 1210. The fraction of sp³-hybridized carbons (Fsp3) is 0.136. The monoisotopic (exact) mass is 447 g/mol. The van der Waals surface area contributed by atoms with Crippen LogP contribution in [0.5, 0.6) is 0 Å². The van der Waals surface area contributed by atoms with Crippen molar-refractivity contribution in [2.75, 3.05) is 46.4 Å². The number of hydrogen-bond acceptors (Lipinski definition) is 7. The van der Waals surface area contributed by atoms with E-state index in [9.17, 15) is 14.4 Å². The van der Waals surface area contributed by atoms with Crippen molar-refractivity contribution in [2.24, 2.45) is 0 Å². The molecule has 3 aromatic rings. The number of carboxylic acid groups (broad SMARTS) is 1. The molecule has 1 aromatic heterocycles. The molecule has 1 aliphatic rings. The standard InChI is InChI=1S/C22H21N7O4/c1-28-12-18(30)29(2)17-11-23-21(27-19(17)28)24-14-7-9-16(10-8-14)26-22(33)25-15-5-3-13(4-6-15)20(31)32/h3-11H,12H2,1-2H3,(H,31,32)(H,23,24,27)(H2,25,26,33). The van der Waals surface area contributed by atoms with Crippen molar-refractivity contribution >= 4 is 52.4 Å². The highest BCUT2D eigenvalue weighted by molar-refractivity contribution is 6.02. The average Bonchev–Trinajstić information content (AvgIpc) is 2.79. The zero-order chi connectivity index (χ0) is 23.5. The van der Waals surface area contributed by atoms with Crippen LogP contribution in [0.25, 0.3) is 0 Å². The minimum Gasteiger partial charge on any atom is -0.478 e. The Morgan fingerprint density at radius 1 is 0.939 bits per heavy atom. The summed E-state index contributed by atoms with van der Waals surface area (Å²) in [6, 6.07) is 12.3. The van der Waals surface area contributed by atoms with Crippen LogP contribution >= 0.6 is 0 Å². The van der Waals surface area contributed by atoms with Gasteiger partial charge in [-0.2, -0.15) is 4.98 Å². The summed E-state index contributed by atoms with van der Waals surface area (Å²) in [5.74, 6) is -0.0267. The fourth-order valence-electron chi connectivity index (χ4n) is 3.22. The smallest absolute Gasteiger partial charge is 0.335 e. The summed E-state index contributed by atoms with van der Waals surface area (Å²) < 4.78 is 0. The molecule has 2 heterocycles. The Morgan fingerprint density at radius 3 is 2.12 bits per heavy atom. The number of carboxylic acids is 1. The van der Waals surface area contributed by atoms with Crippen LogP contribution < -0.4 is 25.8 Å². The molecule has 1 aliphatic heterocycles. The number of benzene rings is 2. The number of aromatic nitrogens is 2. The summed E-state index contributed by atoms with van der Waals surface area (Å²) in [7, 11) is 3.49. The van der Waals surface area contributed by atoms with Crippen molar-refractivity contribution in [2.45, 2.75) is 0 Å². The summed E-state index contributed by atoms with van der Waals surface area (Å²) in [5.41, 5.74) is 2.53. The molecule has 0 fully saturated rings. The fourth-order valence-corrected chi connectivity index (χ4v) is 3.22. The van der Waals surface area contributed by atoms with Gasteiger partial charge in [-0.25, -0.2) is 14.6 Å². The first-order valence-corrected chi connectivity index (χ1v) is 9.93. The van der Waals surface area contributed by atoms with E-state index in [-0.39, 0.29) is 18.0 Å². The lowest BCUT2D eigenvalue weighted by atomic mass is 10.2. The van der Waals surface area contributed by atoms with E-state index in [4.69, 9.17) is 5.11 Å². The Hall–Kier alpha value is -4.67. The van der Waals surface area contributed by atoms with Crippen LogP contribution in [0.2, 0.25) is 0 Å². The van der Waals surface area contributed by atoms with Crippen molar-refractivity contribution < 1.29 is 19.5 Å². The molecule has 33 heavy (non-hydrogen) atoms. The summed E-state index contributed by atoms with van der Waals surface area (Å²) in [6.07, 6.45) is 1.60. The Balaban J connectivity index is 1.37. The van der Waals surface area contributed by atoms with E-state index in [1.165, 1.54) is 29.2 Å². The number of hydrogen-bond donors (Lipinski definition) is 4. The van der Waals surface area contributed by atoms with Crippen molar-refractivity contribution in [1.29, 1.82) is 0 Å². The van der Waals surface area contributed by atoms with Gasteiger partial charge in [-0.3, -0.25) is 4.79 Å². The number of nitrogens with zero attached hydrogens (tertiary/aromatic N) is 4. The lowest BCUT2D eigenvalue weighted by Gasteiger charge is -2.31. The Morgan fingerprint density at radius 2 is 1.52 bits per heavy atom. The van der Waals surface area contributed by atoms with Crippen LogP contribution in [0.4, 0.5) is 39.3 Å². The highest BCUT2D eigenvalue weighted by Gasteiger charge is 2.26. The molecule has 0 saturated heterocycles. The minimum absolute atomic E-state index is 0.0290. The predicted octanol–water partition coefficient (Wildman–Crippen LogP) is 2.98. The molecular weight excluding hydrogens is 426 g/mol. The number of rotatable bonds is 5. The molecule has 0 saturated carbocycles. The number of likely N-dealkylation sites (N-methyl/N-ethyl adjacent to an activating group) is 2. The van der Waals surface area contributed by atoms with Crippen LogP contribution in [0.3, 0.4) is 0 Å². The molecule has 3 amide bonds. The summed E-state index contributed by atoms with van der Waals surface area (Å²) in [5, 5.41) is 17.4. The molecule has 0 spiro atoms. The molecule has 11 heteroatoms. The minimum atomic E-state index is -1.03. The maximum atomic E-state index is 12.2. The number of nitrogens with one attached hydrogen (secondary N) is 3. The van der Waals surface area contributed by atoms with Gasteiger partial charge in [0.1, 0.15) is 5.69 Å². The first-order valence-electron chi connectivity index (χ1n) is 9.93. The molecule has 11 nitrogen and oxygen atoms in total. The molecule has 4 rings (SSSR count). The zero-order valence-corrected chi connectivity index (χ0v) is 17.9. The summed E-state index contributed by atoms with van der Waals surface area (Å²) in [4.78, 5) is 47.1. The second-order valence-corrected chi connectivity index (χ2v) is 7.38. The van der Waals surface area contributed by atoms with E-state index in [0.29, 0.717) is 34.5 Å². The SMILES string of the molecule is CN1CC(=O)N(C)c2cnc(Nc3ccc(NC(=O)Nc4ccc(C(=O)O)cc4)cc3)nc21.